The lowest BCUT2D eigenvalue weighted by molar-refractivity contribution is 0.188. The monoisotopic (exact) mass is 456 g/mol. The van der Waals surface area contributed by atoms with E-state index < -0.39 is 11.9 Å². The van der Waals surface area contributed by atoms with Crippen molar-refractivity contribution in [2.24, 2.45) is 0 Å². The summed E-state index contributed by atoms with van der Waals surface area (Å²) in [5.41, 5.74) is 2.66. The molecule has 0 saturated heterocycles. The minimum absolute atomic E-state index is 0.253. The van der Waals surface area contributed by atoms with Crippen molar-refractivity contribution in [2.75, 3.05) is 20.3 Å². The Morgan fingerprint density at radius 3 is 2.62 bits per heavy atom. The minimum Gasteiger partial charge on any atom is -0.385 e. The standard InChI is InChI=1S/C23H22F2N4O2S/c1-14-19(22-27-21(28-31-22)16-7-4-9-18(25)13-16)20(15-6-3-8-17(24)12-15)26-23(32)29(14)10-5-11-30-2/h3-4,6-9,12-13,20H,5,10-11H2,1-2H3,(H,26,32). The fourth-order valence-electron chi connectivity index (χ4n) is 3.71. The molecule has 2 aromatic carbocycles. The number of halogens is 2. The van der Waals surface area contributed by atoms with Gasteiger partial charge in [-0.1, -0.05) is 29.4 Å². The van der Waals surface area contributed by atoms with Crippen LogP contribution in [0.3, 0.4) is 0 Å². The third-order valence-corrected chi connectivity index (χ3v) is 5.59. The Hall–Kier alpha value is -3.17. The van der Waals surface area contributed by atoms with Crippen LogP contribution in [-0.4, -0.2) is 40.4 Å². The molecule has 0 bridgehead atoms. The number of rotatable bonds is 7. The Kier molecular flexibility index (Phi) is 6.57. The maximum atomic E-state index is 14.0. The zero-order valence-corrected chi connectivity index (χ0v) is 18.5. The van der Waals surface area contributed by atoms with Crippen LogP contribution in [-0.2, 0) is 4.74 Å². The second-order valence-electron chi connectivity index (χ2n) is 7.37. The highest BCUT2D eigenvalue weighted by Crippen LogP contribution is 2.37. The van der Waals surface area contributed by atoms with Gasteiger partial charge in [0.25, 0.3) is 5.89 Å². The van der Waals surface area contributed by atoms with E-state index in [1.165, 1.54) is 24.3 Å². The molecule has 0 spiro atoms. The molecule has 0 radical (unpaired) electrons. The van der Waals surface area contributed by atoms with Gasteiger partial charge < -0.3 is 19.5 Å². The first-order valence-electron chi connectivity index (χ1n) is 10.1. The van der Waals surface area contributed by atoms with Crippen LogP contribution < -0.4 is 5.32 Å². The van der Waals surface area contributed by atoms with Gasteiger partial charge in [-0.25, -0.2) is 8.78 Å². The Morgan fingerprint density at radius 1 is 1.16 bits per heavy atom. The Morgan fingerprint density at radius 2 is 1.91 bits per heavy atom. The summed E-state index contributed by atoms with van der Waals surface area (Å²) >= 11 is 5.60. The smallest absolute Gasteiger partial charge is 0.258 e. The van der Waals surface area contributed by atoms with Gasteiger partial charge in [-0.15, -0.1) is 0 Å². The van der Waals surface area contributed by atoms with Gasteiger partial charge in [0.15, 0.2) is 5.11 Å². The number of thiocarbonyl (C=S) groups is 1. The average molecular weight is 457 g/mol. The van der Waals surface area contributed by atoms with Crippen molar-refractivity contribution in [3.63, 3.8) is 0 Å². The molecule has 0 aliphatic carbocycles. The van der Waals surface area contributed by atoms with E-state index in [0.29, 0.717) is 35.0 Å². The lowest BCUT2D eigenvalue weighted by atomic mass is 9.94. The number of ether oxygens (including phenoxy) is 1. The number of methoxy groups -OCH3 is 1. The summed E-state index contributed by atoms with van der Waals surface area (Å²) in [5, 5.41) is 7.84. The van der Waals surface area contributed by atoms with Crippen molar-refractivity contribution in [3.05, 3.63) is 77.3 Å². The topological polar surface area (TPSA) is 63.4 Å². The van der Waals surface area contributed by atoms with Crippen molar-refractivity contribution >= 4 is 22.9 Å². The third-order valence-electron chi connectivity index (χ3n) is 5.25. The lowest BCUT2D eigenvalue weighted by Crippen LogP contribution is -2.46. The number of allylic oxidation sites excluding steroid dienone is 1. The van der Waals surface area contributed by atoms with Crippen LogP contribution in [0.15, 0.2) is 58.8 Å². The first kappa shape index (κ1) is 22.0. The van der Waals surface area contributed by atoms with Gasteiger partial charge in [-0.05, 0) is 55.4 Å². The fourth-order valence-corrected chi connectivity index (χ4v) is 4.05. The van der Waals surface area contributed by atoms with E-state index in [-0.39, 0.29) is 17.5 Å². The van der Waals surface area contributed by atoms with E-state index in [1.807, 2.05) is 11.8 Å². The lowest BCUT2D eigenvalue weighted by Gasteiger charge is -2.37. The Labute approximate surface area is 189 Å². The molecule has 2 heterocycles. The molecule has 166 valence electrons. The molecule has 0 saturated carbocycles. The number of hydrogen-bond acceptors (Lipinski definition) is 5. The second-order valence-corrected chi connectivity index (χ2v) is 7.75. The molecule has 9 heteroatoms. The van der Waals surface area contributed by atoms with Gasteiger partial charge in [-0.2, -0.15) is 4.98 Å². The largest absolute Gasteiger partial charge is 0.385 e. The van der Waals surface area contributed by atoms with Crippen molar-refractivity contribution in [1.82, 2.24) is 20.4 Å². The predicted molar refractivity (Wildman–Crippen MR) is 120 cm³/mol. The van der Waals surface area contributed by atoms with Crippen LogP contribution in [0, 0.1) is 11.6 Å². The quantitative estimate of drug-likeness (QED) is 0.408. The number of nitrogens with zero attached hydrogens (tertiary/aromatic N) is 3. The number of benzene rings is 2. The molecule has 6 nitrogen and oxygen atoms in total. The number of hydrogen-bond donors (Lipinski definition) is 1. The van der Waals surface area contributed by atoms with Gasteiger partial charge in [0.05, 0.1) is 11.6 Å². The van der Waals surface area contributed by atoms with Crippen molar-refractivity contribution in [1.29, 1.82) is 0 Å². The van der Waals surface area contributed by atoms with E-state index in [1.54, 1.807) is 31.4 Å². The van der Waals surface area contributed by atoms with Gasteiger partial charge in [0.1, 0.15) is 11.6 Å². The molecule has 1 aromatic heterocycles. The molecule has 0 amide bonds. The second kappa shape index (κ2) is 9.54. The maximum Gasteiger partial charge on any atom is 0.258 e. The number of nitrogens with one attached hydrogen (secondary N) is 1. The van der Waals surface area contributed by atoms with Crippen LogP contribution in [0.5, 0.6) is 0 Å². The third kappa shape index (κ3) is 4.53. The summed E-state index contributed by atoms with van der Waals surface area (Å²) in [4.78, 5) is 6.46. The van der Waals surface area contributed by atoms with Crippen LogP contribution in [0.4, 0.5) is 8.78 Å². The van der Waals surface area contributed by atoms with Crippen molar-refractivity contribution < 1.29 is 18.0 Å². The SMILES string of the molecule is COCCCN1C(=S)NC(c2cccc(F)c2)C(c2nc(-c3cccc(F)c3)no2)=C1C. The molecule has 1 aliphatic heterocycles. The normalized spacial score (nSPS) is 16.4. The maximum absolute atomic E-state index is 14.0. The summed E-state index contributed by atoms with van der Waals surface area (Å²) in [6.45, 7) is 3.11. The summed E-state index contributed by atoms with van der Waals surface area (Å²) < 4.78 is 38.4. The molecular weight excluding hydrogens is 434 g/mol. The molecule has 1 unspecified atom stereocenters. The predicted octanol–water partition coefficient (Wildman–Crippen LogP) is 4.71. The summed E-state index contributed by atoms with van der Waals surface area (Å²) in [6.07, 6.45) is 0.756. The van der Waals surface area contributed by atoms with Gasteiger partial charge in [0, 0.05) is 31.5 Å². The highest BCUT2D eigenvalue weighted by molar-refractivity contribution is 7.80. The minimum atomic E-state index is -0.488. The Balaban J connectivity index is 1.78. The van der Waals surface area contributed by atoms with Crippen LogP contribution >= 0.6 is 12.2 Å². The first-order valence-corrected chi connectivity index (χ1v) is 10.5. The molecule has 0 fully saturated rings. The van der Waals surface area contributed by atoms with Gasteiger partial charge in [-0.3, -0.25) is 0 Å². The van der Waals surface area contributed by atoms with E-state index in [0.717, 1.165) is 12.1 Å². The summed E-state index contributed by atoms with van der Waals surface area (Å²) in [6, 6.07) is 11.8. The summed E-state index contributed by atoms with van der Waals surface area (Å²) in [5.74, 6) is -0.240. The van der Waals surface area contributed by atoms with E-state index in [4.69, 9.17) is 21.5 Å². The van der Waals surface area contributed by atoms with Crippen molar-refractivity contribution in [3.8, 4) is 11.4 Å². The van der Waals surface area contributed by atoms with Crippen LogP contribution in [0.25, 0.3) is 17.0 Å². The average Bonchev–Trinajstić information content (AvgIpc) is 3.25. The summed E-state index contributed by atoms with van der Waals surface area (Å²) in [7, 11) is 1.65. The zero-order chi connectivity index (χ0) is 22.7. The molecule has 32 heavy (non-hydrogen) atoms. The fraction of sp³-hybridized carbons (Fsp3) is 0.261. The van der Waals surface area contributed by atoms with Crippen LogP contribution in [0.1, 0.15) is 30.8 Å². The van der Waals surface area contributed by atoms with Crippen molar-refractivity contribution in [2.45, 2.75) is 19.4 Å². The van der Waals surface area contributed by atoms with E-state index in [2.05, 4.69) is 15.5 Å². The van der Waals surface area contributed by atoms with E-state index >= 15 is 0 Å². The zero-order valence-electron chi connectivity index (χ0n) is 17.6. The molecule has 3 aromatic rings. The molecule has 1 atom stereocenters. The first-order chi connectivity index (χ1) is 15.5. The van der Waals surface area contributed by atoms with Crippen LogP contribution in [0.2, 0.25) is 0 Å². The van der Waals surface area contributed by atoms with Gasteiger partial charge in [0.2, 0.25) is 5.82 Å². The highest BCUT2D eigenvalue weighted by Gasteiger charge is 2.34. The molecule has 1 N–H and O–H groups in total. The van der Waals surface area contributed by atoms with E-state index in [9.17, 15) is 8.78 Å². The molecule has 1 aliphatic rings. The molecule has 4 rings (SSSR count). The number of aromatic nitrogens is 2. The highest BCUT2D eigenvalue weighted by atomic mass is 32.1. The molecular formula is C23H22F2N4O2S. The Bertz CT molecular complexity index is 1160. The van der Waals surface area contributed by atoms with Gasteiger partial charge >= 0.3 is 0 Å².